The average Bonchev–Trinajstić information content (AvgIpc) is 2.91. The number of rotatable bonds is 3. The number of aliphatic imine (C=N–C) groups is 1. The number of benzene rings is 1. The first-order valence-electron chi connectivity index (χ1n) is 8.06. The Morgan fingerprint density at radius 2 is 2.00 bits per heavy atom. The molecule has 2 aromatic rings. The van der Waals surface area contributed by atoms with Crippen LogP contribution in [0.2, 0.25) is 0 Å². The summed E-state index contributed by atoms with van der Waals surface area (Å²) < 4.78 is 0. The average molecular weight is 295 g/mol. The summed E-state index contributed by atoms with van der Waals surface area (Å²) in [6.45, 7) is 8.90. The third-order valence-electron chi connectivity index (χ3n) is 4.58. The molecule has 1 aromatic heterocycles. The minimum Gasteiger partial charge on any atom is -0.368 e. The van der Waals surface area contributed by atoms with Crippen LogP contribution >= 0.6 is 0 Å². The van der Waals surface area contributed by atoms with Crippen LogP contribution in [-0.4, -0.2) is 28.7 Å². The number of hydrogen-bond acceptors (Lipinski definition) is 2. The molecule has 1 atom stereocenters. The van der Waals surface area contributed by atoms with Crippen molar-refractivity contribution in [1.82, 2.24) is 9.88 Å². The third kappa shape index (κ3) is 2.45. The molecule has 0 aliphatic carbocycles. The van der Waals surface area contributed by atoms with E-state index in [1.165, 1.54) is 22.2 Å². The smallest absolute Gasteiger partial charge is 0.0722 e. The van der Waals surface area contributed by atoms with Crippen LogP contribution < -0.4 is 0 Å². The Kier molecular flexibility index (Phi) is 3.81. The SMILES string of the molecule is CC1=C(CC(C)C)N(C)C(C)C(c2c[nH]c3ccccc23)=N1. The Morgan fingerprint density at radius 3 is 2.73 bits per heavy atom. The molecule has 1 N–H and O–H groups in total. The summed E-state index contributed by atoms with van der Waals surface area (Å²) in [4.78, 5) is 10.7. The summed E-state index contributed by atoms with van der Waals surface area (Å²) in [5.74, 6) is 0.643. The zero-order valence-corrected chi connectivity index (χ0v) is 14.1. The lowest BCUT2D eigenvalue weighted by molar-refractivity contribution is 0.348. The van der Waals surface area contributed by atoms with Crippen LogP contribution in [0.25, 0.3) is 10.9 Å². The quantitative estimate of drug-likeness (QED) is 0.883. The molecule has 1 aliphatic rings. The number of para-hydroxylation sites is 1. The fourth-order valence-corrected chi connectivity index (χ4v) is 3.26. The van der Waals surface area contributed by atoms with Gasteiger partial charge in [0, 0.05) is 35.4 Å². The fourth-order valence-electron chi connectivity index (χ4n) is 3.26. The highest BCUT2D eigenvalue weighted by molar-refractivity contribution is 6.13. The van der Waals surface area contributed by atoms with Gasteiger partial charge in [-0.1, -0.05) is 32.0 Å². The Bertz CT molecular complexity index is 749. The van der Waals surface area contributed by atoms with Crippen molar-refractivity contribution >= 4 is 16.6 Å². The maximum absolute atomic E-state index is 4.98. The molecule has 1 aromatic carbocycles. The molecule has 0 amide bonds. The van der Waals surface area contributed by atoms with Gasteiger partial charge in [0.05, 0.1) is 17.5 Å². The van der Waals surface area contributed by atoms with Gasteiger partial charge in [0.25, 0.3) is 0 Å². The number of hydrogen-bond donors (Lipinski definition) is 1. The predicted octanol–water partition coefficient (Wildman–Crippen LogP) is 4.57. The van der Waals surface area contributed by atoms with Gasteiger partial charge in [-0.2, -0.15) is 0 Å². The summed E-state index contributed by atoms with van der Waals surface area (Å²) in [6.07, 6.45) is 3.17. The number of allylic oxidation sites excluding steroid dienone is 2. The number of likely N-dealkylation sites (N-methyl/N-ethyl adjacent to an activating group) is 1. The second-order valence-electron chi connectivity index (χ2n) is 6.66. The second kappa shape index (κ2) is 5.64. The van der Waals surface area contributed by atoms with Gasteiger partial charge in [-0.15, -0.1) is 0 Å². The molecule has 0 saturated carbocycles. The number of H-pyrrole nitrogens is 1. The lowest BCUT2D eigenvalue weighted by Gasteiger charge is -2.35. The van der Waals surface area contributed by atoms with E-state index in [4.69, 9.17) is 4.99 Å². The molecule has 3 heteroatoms. The standard InChI is InChI=1S/C19H25N3/c1-12(2)10-18-13(3)21-19(14(4)22(18)5)16-11-20-17-9-7-6-8-15(16)17/h6-9,11-12,14,20H,10H2,1-5H3. The molecule has 2 heterocycles. The maximum atomic E-state index is 4.98. The van der Waals surface area contributed by atoms with Crippen molar-refractivity contribution < 1.29 is 0 Å². The zero-order chi connectivity index (χ0) is 15.9. The van der Waals surface area contributed by atoms with Crippen molar-refractivity contribution in [1.29, 1.82) is 0 Å². The molecule has 116 valence electrons. The number of nitrogens with zero attached hydrogens (tertiary/aromatic N) is 2. The van der Waals surface area contributed by atoms with E-state index in [0.717, 1.165) is 17.8 Å². The molecule has 0 spiro atoms. The predicted molar refractivity (Wildman–Crippen MR) is 94.2 cm³/mol. The lowest BCUT2D eigenvalue weighted by Crippen LogP contribution is -2.39. The Morgan fingerprint density at radius 1 is 1.27 bits per heavy atom. The Hall–Kier alpha value is -2.03. The molecular weight excluding hydrogens is 270 g/mol. The van der Waals surface area contributed by atoms with Gasteiger partial charge in [0.2, 0.25) is 0 Å². The molecule has 22 heavy (non-hydrogen) atoms. The molecule has 1 unspecified atom stereocenters. The summed E-state index contributed by atoms with van der Waals surface area (Å²) in [6, 6.07) is 8.72. The molecule has 0 fully saturated rings. The molecule has 3 rings (SSSR count). The van der Waals surface area contributed by atoms with Gasteiger partial charge < -0.3 is 9.88 Å². The van der Waals surface area contributed by atoms with Crippen LogP contribution in [0.4, 0.5) is 0 Å². The highest BCUT2D eigenvalue weighted by Gasteiger charge is 2.27. The van der Waals surface area contributed by atoms with Gasteiger partial charge in [-0.25, -0.2) is 0 Å². The van der Waals surface area contributed by atoms with Gasteiger partial charge in [-0.3, -0.25) is 4.99 Å². The number of nitrogens with one attached hydrogen (secondary N) is 1. The van der Waals surface area contributed by atoms with Crippen LogP contribution in [0.5, 0.6) is 0 Å². The summed E-state index contributed by atoms with van der Waals surface area (Å²) >= 11 is 0. The van der Waals surface area contributed by atoms with Gasteiger partial charge in [0.15, 0.2) is 0 Å². The van der Waals surface area contributed by atoms with Crippen molar-refractivity contribution in [2.24, 2.45) is 10.9 Å². The van der Waals surface area contributed by atoms with Gasteiger partial charge in [-0.05, 0) is 32.3 Å². The summed E-state index contributed by atoms with van der Waals surface area (Å²) in [7, 11) is 2.19. The van der Waals surface area contributed by atoms with Crippen molar-refractivity contribution in [2.45, 2.75) is 40.2 Å². The minimum atomic E-state index is 0.289. The van der Waals surface area contributed by atoms with E-state index in [9.17, 15) is 0 Å². The van der Waals surface area contributed by atoms with Crippen LogP contribution in [0.3, 0.4) is 0 Å². The van der Waals surface area contributed by atoms with Crippen molar-refractivity contribution in [2.75, 3.05) is 7.05 Å². The van der Waals surface area contributed by atoms with Gasteiger partial charge >= 0.3 is 0 Å². The van der Waals surface area contributed by atoms with E-state index in [-0.39, 0.29) is 6.04 Å². The molecule has 0 saturated heterocycles. The number of fused-ring (bicyclic) bond motifs is 1. The summed E-state index contributed by atoms with van der Waals surface area (Å²) in [5.41, 5.74) is 6.06. The van der Waals surface area contributed by atoms with Crippen molar-refractivity contribution in [3.63, 3.8) is 0 Å². The van der Waals surface area contributed by atoms with E-state index in [1.807, 2.05) is 0 Å². The maximum Gasteiger partial charge on any atom is 0.0722 e. The first-order chi connectivity index (χ1) is 10.5. The van der Waals surface area contributed by atoms with Crippen LogP contribution in [-0.2, 0) is 0 Å². The molecule has 0 bridgehead atoms. The van der Waals surface area contributed by atoms with E-state index in [0.29, 0.717) is 5.92 Å². The molecule has 0 radical (unpaired) electrons. The second-order valence-corrected chi connectivity index (χ2v) is 6.66. The lowest BCUT2D eigenvalue weighted by atomic mass is 9.97. The highest BCUT2D eigenvalue weighted by atomic mass is 15.2. The number of aromatic nitrogens is 1. The van der Waals surface area contributed by atoms with E-state index >= 15 is 0 Å². The minimum absolute atomic E-state index is 0.289. The topological polar surface area (TPSA) is 31.4 Å². The van der Waals surface area contributed by atoms with E-state index < -0.39 is 0 Å². The van der Waals surface area contributed by atoms with Crippen LogP contribution in [0.1, 0.15) is 39.7 Å². The van der Waals surface area contributed by atoms with Gasteiger partial charge in [0.1, 0.15) is 0 Å². The highest BCUT2D eigenvalue weighted by Crippen LogP contribution is 2.30. The van der Waals surface area contributed by atoms with E-state index in [2.05, 4.69) is 75.1 Å². The van der Waals surface area contributed by atoms with E-state index in [1.54, 1.807) is 0 Å². The molecular formula is C19H25N3. The first kappa shape index (κ1) is 14.9. The van der Waals surface area contributed by atoms with Crippen molar-refractivity contribution in [3.8, 4) is 0 Å². The largest absolute Gasteiger partial charge is 0.368 e. The Balaban J connectivity index is 2.09. The first-order valence-corrected chi connectivity index (χ1v) is 8.06. The third-order valence-corrected chi connectivity index (χ3v) is 4.58. The molecule has 3 nitrogen and oxygen atoms in total. The summed E-state index contributed by atoms with van der Waals surface area (Å²) in [5, 5.41) is 1.25. The number of aromatic amines is 1. The van der Waals surface area contributed by atoms with Crippen LogP contribution in [0.15, 0.2) is 46.8 Å². The zero-order valence-electron chi connectivity index (χ0n) is 14.1. The molecule has 1 aliphatic heterocycles. The normalized spacial score (nSPS) is 19.3. The van der Waals surface area contributed by atoms with Crippen LogP contribution in [0, 0.1) is 5.92 Å². The fraction of sp³-hybridized carbons (Fsp3) is 0.421. The monoisotopic (exact) mass is 295 g/mol. The van der Waals surface area contributed by atoms with Crippen molar-refractivity contribution in [3.05, 3.63) is 47.4 Å². The Labute approximate surface area is 132 Å².